The highest BCUT2D eigenvalue weighted by atomic mass is 15.2. The summed E-state index contributed by atoms with van der Waals surface area (Å²) in [7, 11) is 0. The summed E-state index contributed by atoms with van der Waals surface area (Å²) in [6.07, 6.45) is 0. The van der Waals surface area contributed by atoms with Crippen LogP contribution in [0.1, 0.15) is 25.0 Å². The lowest BCUT2D eigenvalue weighted by atomic mass is 10.1. The summed E-state index contributed by atoms with van der Waals surface area (Å²) >= 11 is 0. The number of nitriles is 1. The largest absolute Gasteiger partial charge is 0.314 e. The maximum atomic E-state index is 8.97. The molecule has 0 spiro atoms. The van der Waals surface area contributed by atoms with Crippen LogP contribution in [0.5, 0.6) is 0 Å². The first kappa shape index (κ1) is 13.7. The van der Waals surface area contributed by atoms with Gasteiger partial charge in [0.15, 0.2) is 0 Å². The molecule has 0 saturated carbocycles. The first-order chi connectivity index (χ1) is 8.40. The second kappa shape index (κ2) is 7.83. The highest BCUT2D eigenvalue weighted by molar-refractivity contribution is 5.37. The average molecular weight is 231 g/mol. The lowest BCUT2D eigenvalue weighted by molar-refractivity contribution is 0.233. The maximum absolute atomic E-state index is 8.97. The van der Waals surface area contributed by atoms with Crippen LogP contribution >= 0.6 is 0 Å². The third-order valence-corrected chi connectivity index (χ3v) is 2.74. The Bertz CT molecular complexity index is 362. The van der Waals surface area contributed by atoms with Crippen LogP contribution in [0.15, 0.2) is 24.3 Å². The zero-order valence-corrected chi connectivity index (χ0v) is 10.7. The van der Waals surface area contributed by atoms with Crippen molar-refractivity contribution in [1.29, 1.82) is 5.26 Å². The molecule has 1 saturated heterocycles. The lowest BCUT2D eigenvalue weighted by Gasteiger charge is -2.27. The van der Waals surface area contributed by atoms with Crippen molar-refractivity contribution in [2.45, 2.75) is 20.4 Å². The highest BCUT2D eigenvalue weighted by Gasteiger charge is 2.11. The second-order valence-corrected chi connectivity index (χ2v) is 3.80. The molecule has 0 atom stereocenters. The standard InChI is InChI=1S/C12H15N3.C2H6/c13-9-11-3-1-2-4-12(11)10-15-7-5-14-6-8-15;1-2/h1-4,14H,5-8,10H2;1-2H3. The molecule has 1 aromatic carbocycles. The molecule has 0 aliphatic carbocycles. The normalized spacial score (nSPS) is 15.6. The number of hydrogen-bond acceptors (Lipinski definition) is 3. The second-order valence-electron chi connectivity index (χ2n) is 3.80. The predicted octanol–water partition coefficient (Wildman–Crippen LogP) is 1.99. The van der Waals surface area contributed by atoms with E-state index in [-0.39, 0.29) is 0 Å². The molecule has 2 rings (SSSR count). The fourth-order valence-corrected chi connectivity index (χ4v) is 1.88. The van der Waals surface area contributed by atoms with E-state index in [4.69, 9.17) is 5.26 Å². The number of hydrogen-bond donors (Lipinski definition) is 1. The van der Waals surface area contributed by atoms with Crippen LogP contribution in [0.4, 0.5) is 0 Å². The Morgan fingerprint density at radius 3 is 2.53 bits per heavy atom. The van der Waals surface area contributed by atoms with Gasteiger partial charge in [-0.2, -0.15) is 5.26 Å². The molecule has 1 aliphatic heterocycles. The minimum Gasteiger partial charge on any atom is -0.314 e. The molecule has 1 heterocycles. The summed E-state index contributed by atoms with van der Waals surface area (Å²) in [5.41, 5.74) is 1.94. The number of piperazine rings is 1. The van der Waals surface area contributed by atoms with Crippen LogP contribution in [-0.4, -0.2) is 31.1 Å². The SMILES string of the molecule is CC.N#Cc1ccccc1CN1CCNCC1. The van der Waals surface area contributed by atoms with Crippen molar-refractivity contribution in [3.63, 3.8) is 0 Å². The zero-order valence-electron chi connectivity index (χ0n) is 10.7. The Kier molecular flexibility index (Phi) is 6.31. The summed E-state index contributed by atoms with van der Waals surface area (Å²) in [6, 6.07) is 10.1. The van der Waals surface area contributed by atoms with Crippen molar-refractivity contribution >= 4 is 0 Å². The topological polar surface area (TPSA) is 39.1 Å². The van der Waals surface area contributed by atoms with Crippen LogP contribution < -0.4 is 5.32 Å². The lowest BCUT2D eigenvalue weighted by Crippen LogP contribution is -2.42. The molecule has 0 radical (unpaired) electrons. The Morgan fingerprint density at radius 1 is 1.24 bits per heavy atom. The molecule has 0 aromatic heterocycles. The summed E-state index contributed by atoms with van der Waals surface area (Å²) < 4.78 is 0. The van der Waals surface area contributed by atoms with Crippen molar-refractivity contribution in [3.05, 3.63) is 35.4 Å². The van der Waals surface area contributed by atoms with E-state index in [1.165, 1.54) is 0 Å². The Morgan fingerprint density at radius 2 is 1.88 bits per heavy atom. The molecule has 0 bridgehead atoms. The van der Waals surface area contributed by atoms with Gasteiger partial charge in [0.1, 0.15) is 0 Å². The van der Waals surface area contributed by atoms with E-state index in [0.717, 1.165) is 43.9 Å². The fourth-order valence-electron chi connectivity index (χ4n) is 1.88. The monoisotopic (exact) mass is 231 g/mol. The molecule has 92 valence electrons. The van der Waals surface area contributed by atoms with Crippen molar-refractivity contribution in [2.75, 3.05) is 26.2 Å². The van der Waals surface area contributed by atoms with E-state index in [1.807, 2.05) is 38.1 Å². The van der Waals surface area contributed by atoms with Gasteiger partial charge in [-0.1, -0.05) is 32.0 Å². The minimum absolute atomic E-state index is 0.802. The Hall–Kier alpha value is -1.37. The predicted molar refractivity (Wildman–Crippen MR) is 70.7 cm³/mol. The highest BCUT2D eigenvalue weighted by Crippen LogP contribution is 2.10. The van der Waals surface area contributed by atoms with E-state index in [0.29, 0.717) is 0 Å². The van der Waals surface area contributed by atoms with Gasteiger partial charge in [0, 0.05) is 32.7 Å². The molecule has 1 N–H and O–H groups in total. The smallest absolute Gasteiger partial charge is 0.0995 e. The van der Waals surface area contributed by atoms with Crippen LogP contribution in [0.2, 0.25) is 0 Å². The van der Waals surface area contributed by atoms with Gasteiger partial charge in [-0.3, -0.25) is 4.90 Å². The number of rotatable bonds is 2. The van der Waals surface area contributed by atoms with Crippen molar-refractivity contribution in [1.82, 2.24) is 10.2 Å². The molecule has 1 fully saturated rings. The van der Waals surface area contributed by atoms with E-state index < -0.39 is 0 Å². The molecule has 1 aliphatic rings. The summed E-state index contributed by atoms with van der Waals surface area (Å²) in [4.78, 5) is 2.38. The van der Waals surface area contributed by atoms with Gasteiger partial charge < -0.3 is 5.32 Å². The summed E-state index contributed by atoms with van der Waals surface area (Å²) in [6.45, 7) is 9.13. The van der Waals surface area contributed by atoms with Crippen molar-refractivity contribution in [3.8, 4) is 6.07 Å². The Labute approximate surface area is 104 Å². The molecule has 3 nitrogen and oxygen atoms in total. The minimum atomic E-state index is 0.802. The third-order valence-electron chi connectivity index (χ3n) is 2.74. The first-order valence-electron chi connectivity index (χ1n) is 6.31. The van der Waals surface area contributed by atoms with Crippen LogP contribution in [0, 0.1) is 11.3 Å². The van der Waals surface area contributed by atoms with E-state index in [9.17, 15) is 0 Å². The third kappa shape index (κ3) is 4.18. The molecule has 0 amide bonds. The van der Waals surface area contributed by atoms with Crippen LogP contribution in [-0.2, 0) is 6.54 Å². The van der Waals surface area contributed by atoms with Gasteiger partial charge >= 0.3 is 0 Å². The molecule has 17 heavy (non-hydrogen) atoms. The fraction of sp³-hybridized carbons (Fsp3) is 0.500. The van der Waals surface area contributed by atoms with Crippen molar-refractivity contribution < 1.29 is 0 Å². The zero-order chi connectivity index (χ0) is 12.5. The maximum Gasteiger partial charge on any atom is 0.0995 e. The van der Waals surface area contributed by atoms with E-state index in [1.54, 1.807) is 0 Å². The van der Waals surface area contributed by atoms with Crippen molar-refractivity contribution in [2.24, 2.45) is 0 Å². The van der Waals surface area contributed by atoms with E-state index in [2.05, 4.69) is 16.3 Å². The molecular formula is C14H21N3. The first-order valence-corrected chi connectivity index (χ1v) is 6.31. The average Bonchev–Trinajstić information content (AvgIpc) is 2.43. The summed E-state index contributed by atoms with van der Waals surface area (Å²) in [5.74, 6) is 0. The van der Waals surface area contributed by atoms with Gasteiger partial charge in [0.25, 0.3) is 0 Å². The summed E-state index contributed by atoms with van der Waals surface area (Å²) in [5, 5.41) is 12.3. The number of benzene rings is 1. The van der Waals surface area contributed by atoms with Gasteiger partial charge in [-0.15, -0.1) is 0 Å². The molecule has 1 aromatic rings. The molecule has 0 unspecified atom stereocenters. The van der Waals surface area contributed by atoms with Gasteiger partial charge in [-0.25, -0.2) is 0 Å². The van der Waals surface area contributed by atoms with Gasteiger partial charge in [-0.05, 0) is 11.6 Å². The molecular weight excluding hydrogens is 210 g/mol. The number of nitrogens with one attached hydrogen (secondary N) is 1. The molecule has 3 heteroatoms. The van der Waals surface area contributed by atoms with E-state index >= 15 is 0 Å². The quantitative estimate of drug-likeness (QED) is 0.846. The van der Waals surface area contributed by atoms with Crippen LogP contribution in [0.25, 0.3) is 0 Å². The van der Waals surface area contributed by atoms with Crippen LogP contribution in [0.3, 0.4) is 0 Å². The van der Waals surface area contributed by atoms with Gasteiger partial charge in [0.05, 0.1) is 11.6 Å². The Balaban J connectivity index is 0.000000686. The number of nitrogens with zero attached hydrogens (tertiary/aromatic N) is 2. The van der Waals surface area contributed by atoms with Gasteiger partial charge in [0.2, 0.25) is 0 Å².